The van der Waals surface area contributed by atoms with E-state index in [-0.39, 0.29) is 6.04 Å². The highest BCUT2D eigenvalue weighted by atomic mass is 16.5. The van der Waals surface area contributed by atoms with Crippen LogP contribution in [0, 0.1) is 0 Å². The zero-order valence-corrected chi connectivity index (χ0v) is 8.03. The Labute approximate surface area is 79.0 Å². The van der Waals surface area contributed by atoms with Gasteiger partial charge in [0, 0.05) is 6.04 Å². The fraction of sp³-hybridized carbons (Fsp3) is 0.273. The summed E-state index contributed by atoms with van der Waals surface area (Å²) in [6.45, 7) is 1.94. The molecule has 1 aromatic carbocycles. The molecule has 0 aliphatic heterocycles. The third-order valence-electron chi connectivity index (χ3n) is 1.69. The van der Waals surface area contributed by atoms with Crippen molar-refractivity contribution in [2.75, 3.05) is 7.11 Å². The van der Waals surface area contributed by atoms with Crippen LogP contribution in [0.15, 0.2) is 30.3 Å². The number of nitrogens with two attached hydrogens (primary N) is 1. The topological polar surface area (TPSA) is 35.2 Å². The number of rotatable bonds is 3. The molecule has 1 aromatic rings. The molecule has 0 spiro atoms. The van der Waals surface area contributed by atoms with E-state index < -0.39 is 0 Å². The standard InChI is InChI=1S/C11H15NO/c1-9(12)6-7-10-4-3-5-11(8-10)13-2/h3-9H,12H2,1-2H3/b7-6+. The second-order valence-corrected chi connectivity index (χ2v) is 2.99. The normalized spacial score (nSPS) is 13.2. The number of methoxy groups -OCH3 is 1. The Kier molecular flexibility index (Phi) is 3.53. The molecule has 2 N–H and O–H groups in total. The number of ether oxygens (including phenoxy) is 1. The van der Waals surface area contributed by atoms with Crippen LogP contribution >= 0.6 is 0 Å². The van der Waals surface area contributed by atoms with E-state index in [4.69, 9.17) is 10.5 Å². The van der Waals surface area contributed by atoms with Gasteiger partial charge in [-0.1, -0.05) is 24.3 Å². The van der Waals surface area contributed by atoms with Gasteiger partial charge in [-0.05, 0) is 24.6 Å². The minimum Gasteiger partial charge on any atom is -0.497 e. The van der Waals surface area contributed by atoms with Gasteiger partial charge in [0.15, 0.2) is 0 Å². The van der Waals surface area contributed by atoms with E-state index in [0.29, 0.717) is 0 Å². The number of hydrogen-bond donors (Lipinski definition) is 1. The van der Waals surface area contributed by atoms with Gasteiger partial charge in [-0.15, -0.1) is 0 Å². The largest absolute Gasteiger partial charge is 0.497 e. The molecular weight excluding hydrogens is 162 g/mol. The van der Waals surface area contributed by atoms with Crippen molar-refractivity contribution in [1.29, 1.82) is 0 Å². The van der Waals surface area contributed by atoms with E-state index in [0.717, 1.165) is 11.3 Å². The first-order valence-corrected chi connectivity index (χ1v) is 4.30. The molecule has 0 amide bonds. The summed E-state index contributed by atoms with van der Waals surface area (Å²) in [5.41, 5.74) is 6.70. The summed E-state index contributed by atoms with van der Waals surface area (Å²) in [4.78, 5) is 0. The second kappa shape index (κ2) is 4.67. The maximum Gasteiger partial charge on any atom is 0.119 e. The molecule has 0 aliphatic carbocycles. The molecule has 2 nitrogen and oxygen atoms in total. The lowest BCUT2D eigenvalue weighted by Crippen LogP contribution is -2.09. The average Bonchev–Trinajstić information content (AvgIpc) is 2.15. The van der Waals surface area contributed by atoms with E-state index >= 15 is 0 Å². The zero-order chi connectivity index (χ0) is 9.68. The molecule has 0 aliphatic rings. The van der Waals surface area contributed by atoms with Crippen LogP contribution in [0.3, 0.4) is 0 Å². The highest BCUT2D eigenvalue weighted by Gasteiger charge is 1.91. The number of hydrogen-bond acceptors (Lipinski definition) is 2. The van der Waals surface area contributed by atoms with Gasteiger partial charge >= 0.3 is 0 Å². The maximum absolute atomic E-state index is 5.59. The first-order valence-electron chi connectivity index (χ1n) is 4.30. The predicted molar refractivity (Wildman–Crippen MR) is 55.7 cm³/mol. The molecular formula is C11H15NO. The summed E-state index contributed by atoms with van der Waals surface area (Å²) in [7, 11) is 1.66. The fourth-order valence-corrected chi connectivity index (χ4v) is 1.01. The molecule has 0 aromatic heterocycles. The summed E-state index contributed by atoms with van der Waals surface area (Å²) >= 11 is 0. The molecule has 70 valence electrons. The van der Waals surface area contributed by atoms with E-state index in [1.54, 1.807) is 7.11 Å². The van der Waals surface area contributed by atoms with Crippen molar-refractivity contribution in [1.82, 2.24) is 0 Å². The van der Waals surface area contributed by atoms with Gasteiger partial charge in [0.1, 0.15) is 5.75 Å². The molecule has 13 heavy (non-hydrogen) atoms. The first kappa shape index (κ1) is 9.81. The first-order chi connectivity index (χ1) is 6.22. The highest BCUT2D eigenvalue weighted by molar-refractivity contribution is 5.52. The van der Waals surface area contributed by atoms with Crippen LogP contribution in [0.25, 0.3) is 6.08 Å². The van der Waals surface area contributed by atoms with E-state index in [9.17, 15) is 0 Å². The molecule has 1 atom stereocenters. The van der Waals surface area contributed by atoms with Crippen LogP contribution < -0.4 is 10.5 Å². The van der Waals surface area contributed by atoms with Crippen molar-refractivity contribution in [2.24, 2.45) is 5.73 Å². The molecule has 0 saturated heterocycles. The number of benzene rings is 1. The Balaban J connectivity index is 2.77. The summed E-state index contributed by atoms with van der Waals surface area (Å²) in [5.74, 6) is 0.867. The van der Waals surface area contributed by atoms with Gasteiger partial charge in [-0.2, -0.15) is 0 Å². The van der Waals surface area contributed by atoms with Crippen molar-refractivity contribution in [3.8, 4) is 5.75 Å². The smallest absolute Gasteiger partial charge is 0.119 e. The van der Waals surface area contributed by atoms with Crippen molar-refractivity contribution >= 4 is 6.08 Å². The highest BCUT2D eigenvalue weighted by Crippen LogP contribution is 2.13. The molecule has 0 saturated carbocycles. The van der Waals surface area contributed by atoms with Crippen LogP contribution in [0.1, 0.15) is 12.5 Å². The summed E-state index contributed by atoms with van der Waals surface area (Å²) in [6, 6.07) is 7.95. The van der Waals surface area contributed by atoms with Crippen molar-refractivity contribution in [3.63, 3.8) is 0 Å². The SMILES string of the molecule is COc1cccc(/C=C/C(C)N)c1. The maximum atomic E-state index is 5.59. The minimum absolute atomic E-state index is 0.0891. The van der Waals surface area contributed by atoms with Crippen molar-refractivity contribution in [3.05, 3.63) is 35.9 Å². The Morgan fingerprint density at radius 3 is 2.85 bits per heavy atom. The fourth-order valence-electron chi connectivity index (χ4n) is 1.01. The molecule has 1 unspecified atom stereocenters. The van der Waals surface area contributed by atoms with Gasteiger partial charge in [0.05, 0.1) is 7.11 Å². The van der Waals surface area contributed by atoms with Crippen LogP contribution in [0.4, 0.5) is 0 Å². The van der Waals surface area contributed by atoms with Crippen LogP contribution in [0.5, 0.6) is 5.75 Å². The Bertz CT molecular complexity index is 292. The Morgan fingerprint density at radius 2 is 2.23 bits per heavy atom. The lowest BCUT2D eigenvalue weighted by atomic mass is 10.2. The summed E-state index contributed by atoms with van der Waals surface area (Å²) < 4.78 is 5.10. The minimum atomic E-state index is 0.0891. The quantitative estimate of drug-likeness (QED) is 0.767. The molecule has 0 fully saturated rings. The van der Waals surface area contributed by atoms with E-state index in [2.05, 4.69) is 0 Å². The van der Waals surface area contributed by atoms with Crippen LogP contribution in [-0.2, 0) is 0 Å². The average molecular weight is 177 g/mol. The predicted octanol–water partition coefficient (Wildman–Crippen LogP) is 2.06. The van der Waals surface area contributed by atoms with Gasteiger partial charge in [0.25, 0.3) is 0 Å². The Hall–Kier alpha value is -1.28. The third-order valence-corrected chi connectivity index (χ3v) is 1.69. The molecule has 0 bridgehead atoms. The van der Waals surface area contributed by atoms with E-state index in [1.807, 2.05) is 43.3 Å². The molecule has 0 heterocycles. The zero-order valence-electron chi connectivity index (χ0n) is 8.03. The molecule has 0 radical (unpaired) electrons. The molecule has 1 rings (SSSR count). The van der Waals surface area contributed by atoms with Crippen LogP contribution in [-0.4, -0.2) is 13.2 Å². The van der Waals surface area contributed by atoms with Gasteiger partial charge in [-0.25, -0.2) is 0 Å². The second-order valence-electron chi connectivity index (χ2n) is 2.99. The van der Waals surface area contributed by atoms with Gasteiger partial charge in [0.2, 0.25) is 0 Å². The Morgan fingerprint density at radius 1 is 1.46 bits per heavy atom. The lowest BCUT2D eigenvalue weighted by molar-refractivity contribution is 0.414. The summed E-state index contributed by atoms with van der Waals surface area (Å²) in [5, 5.41) is 0. The lowest BCUT2D eigenvalue weighted by Gasteiger charge is -2.00. The summed E-state index contributed by atoms with van der Waals surface area (Å²) in [6.07, 6.45) is 3.95. The monoisotopic (exact) mass is 177 g/mol. The third kappa shape index (κ3) is 3.30. The van der Waals surface area contributed by atoms with Gasteiger partial charge < -0.3 is 10.5 Å². The van der Waals surface area contributed by atoms with E-state index in [1.165, 1.54) is 0 Å². The van der Waals surface area contributed by atoms with Crippen LogP contribution in [0.2, 0.25) is 0 Å². The van der Waals surface area contributed by atoms with Crippen molar-refractivity contribution < 1.29 is 4.74 Å². The molecule has 2 heteroatoms. The van der Waals surface area contributed by atoms with Gasteiger partial charge in [-0.3, -0.25) is 0 Å². The van der Waals surface area contributed by atoms with Crippen molar-refractivity contribution in [2.45, 2.75) is 13.0 Å².